The Morgan fingerprint density at radius 1 is 0.474 bits per heavy atom. The van der Waals surface area contributed by atoms with Gasteiger partial charge >= 0.3 is 5.97 Å². The fourth-order valence-electron chi connectivity index (χ4n) is 8.43. The van der Waals surface area contributed by atoms with Gasteiger partial charge in [0.25, 0.3) is 17.7 Å². The van der Waals surface area contributed by atoms with E-state index >= 15 is 4.79 Å². The molecular weight excluding hydrogens is 985 g/mol. The maximum Gasteiger partial charge on any atom is 0.306 e. The quantitative estimate of drug-likeness (QED) is 0.0444. The van der Waals surface area contributed by atoms with Crippen molar-refractivity contribution < 1.29 is 47.7 Å². The number of amides is 4. The number of rotatable bonds is 26. The van der Waals surface area contributed by atoms with E-state index in [2.05, 4.69) is 16.0 Å². The van der Waals surface area contributed by atoms with Crippen molar-refractivity contribution in [1.82, 2.24) is 20.9 Å². The highest BCUT2D eigenvalue weighted by Crippen LogP contribution is 2.33. The summed E-state index contributed by atoms with van der Waals surface area (Å²) in [5, 5.41) is 8.83. The van der Waals surface area contributed by atoms with Crippen LogP contribution in [0.4, 0.5) is 0 Å². The Balaban J connectivity index is 1.13. The Kier molecular flexibility index (Phi) is 20.6. The number of nitrogens with zero attached hydrogens (tertiary/aromatic N) is 1. The molecule has 1 atom stereocenters. The second kappa shape index (κ2) is 28.3. The van der Waals surface area contributed by atoms with Crippen LogP contribution in [0.1, 0.15) is 98.1 Å². The zero-order valence-electron chi connectivity index (χ0n) is 44.9. The van der Waals surface area contributed by atoms with Gasteiger partial charge in [-0.2, -0.15) is 0 Å². The Morgan fingerprint density at radius 3 is 1.41 bits per heavy atom. The zero-order valence-corrected chi connectivity index (χ0v) is 44.9. The van der Waals surface area contributed by atoms with E-state index in [0.717, 1.165) is 22.3 Å². The number of aryl methyl sites for hydroxylation is 1. The highest BCUT2D eigenvalue weighted by Gasteiger charge is 2.30. The molecule has 0 saturated heterocycles. The van der Waals surface area contributed by atoms with Crippen LogP contribution in [0, 0.1) is 13.8 Å². The van der Waals surface area contributed by atoms with Crippen LogP contribution in [0.25, 0.3) is 0 Å². The number of esters is 1. The van der Waals surface area contributed by atoms with E-state index in [4.69, 9.17) is 23.7 Å². The average Bonchev–Trinajstić information content (AvgIpc) is 3.46. The Bertz CT molecular complexity index is 3090. The monoisotopic (exact) mass is 1050 g/mol. The summed E-state index contributed by atoms with van der Waals surface area (Å²) in [4.78, 5) is 72.4. The van der Waals surface area contributed by atoms with Crippen LogP contribution in [0.3, 0.4) is 0 Å². The molecule has 0 aliphatic heterocycles. The van der Waals surface area contributed by atoms with Gasteiger partial charge in [-0.05, 0) is 99.2 Å². The third-order valence-electron chi connectivity index (χ3n) is 12.4. The van der Waals surface area contributed by atoms with Crippen LogP contribution in [0.15, 0.2) is 176 Å². The Labute approximate surface area is 457 Å². The van der Waals surface area contributed by atoms with Gasteiger partial charge in [0.05, 0.1) is 11.1 Å². The molecule has 7 rings (SSSR count). The number of hydrogen-bond donors (Lipinski definition) is 3. The van der Waals surface area contributed by atoms with Gasteiger partial charge in [0.1, 0.15) is 49.6 Å². The lowest BCUT2D eigenvalue weighted by atomic mass is 10.1. The van der Waals surface area contributed by atoms with Crippen molar-refractivity contribution in [2.75, 3.05) is 26.2 Å². The molecule has 1 unspecified atom stereocenters. The Hall–Kier alpha value is -8.91. The summed E-state index contributed by atoms with van der Waals surface area (Å²) < 4.78 is 30.6. The van der Waals surface area contributed by atoms with Crippen molar-refractivity contribution in [2.45, 2.75) is 85.5 Å². The van der Waals surface area contributed by atoms with E-state index in [1.807, 2.05) is 134 Å². The number of hydrogen-bond acceptors (Lipinski definition) is 10. The first kappa shape index (κ1) is 56.8. The van der Waals surface area contributed by atoms with Crippen LogP contribution in [-0.4, -0.2) is 72.3 Å². The molecule has 78 heavy (non-hydrogen) atoms. The molecule has 3 N–H and O–H groups in total. The van der Waals surface area contributed by atoms with Crippen molar-refractivity contribution in [3.8, 4) is 23.0 Å². The standard InChI is InChI=1S/C64H68N4O10/c1-45-21-18-31-52(58(45)76-43-49-26-14-8-15-27-49)62(72)67-54(35-36-57(69)78-64(3,4)5)63(73)68(39-37-65-60(70)51-30-19-33-55(46(51)2)74-41-47-22-10-6-11-23-47)40-38-66-61(71)53-32-20-34-56(75-42-48-24-12-7-13-25-48)59(53)77-44-50-28-16-9-17-29-50/h6-34,54H,35-44H2,1-5H3,(H,65,70)(H,66,71)(H,67,72). The number of nitrogens with one attached hydrogen (secondary N) is 3. The fraction of sp³-hybridized carbons (Fsp3) is 0.266. The van der Waals surface area contributed by atoms with Gasteiger partial charge in [-0.1, -0.05) is 146 Å². The number of carbonyl (C=O) groups excluding carboxylic acids is 5. The van der Waals surface area contributed by atoms with E-state index in [9.17, 15) is 19.2 Å². The summed E-state index contributed by atoms with van der Waals surface area (Å²) >= 11 is 0. The van der Waals surface area contributed by atoms with E-state index in [0.29, 0.717) is 40.5 Å². The van der Waals surface area contributed by atoms with Crippen LogP contribution in [0.2, 0.25) is 0 Å². The van der Waals surface area contributed by atoms with Crippen LogP contribution in [-0.2, 0) is 40.8 Å². The van der Waals surface area contributed by atoms with Gasteiger partial charge < -0.3 is 44.5 Å². The molecule has 14 heteroatoms. The lowest BCUT2D eigenvalue weighted by molar-refractivity contribution is -0.155. The molecule has 0 saturated carbocycles. The number of ether oxygens (including phenoxy) is 5. The SMILES string of the molecule is Cc1cccc(C(=O)NC(CCC(=O)OC(C)(C)C)C(=O)N(CCNC(=O)c2cccc(OCc3ccccc3)c2C)CCNC(=O)c2cccc(OCc3ccccc3)c2OCc2ccccc2)c1OCc1ccccc1. The van der Waals surface area contributed by atoms with Gasteiger partial charge in [0, 0.05) is 43.7 Å². The largest absolute Gasteiger partial charge is 0.489 e. The molecule has 0 radical (unpaired) electrons. The minimum Gasteiger partial charge on any atom is -0.489 e. The van der Waals surface area contributed by atoms with E-state index in [-0.39, 0.29) is 75.7 Å². The van der Waals surface area contributed by atoms with Gasteiger partial charge in [-0.3, -0.25) is 24.0 Å². The molecule has 0 heterocycles. The predicted octanol–water partition coefficient (Wildman–Crippen LogP) is 10.5. The van der Waals surface area contributed by atoms with Gasteiger partial charge in [-0.15, -0.1) is 0 Å². The van der Waals surface area contributed by atoms with Gasteiger partial charge in [-0.25, -0.2) is 0 Å². The van der Waals surface area contributed by atoms with Crippen molar-refractivity contribution in [3.63, 3.8) is 0 Å². The zero-order chi connectivity index (χ0) is 55.3. The smallest absolute Gasteiger partial charge is 0.306 e. The Morgan fingerprint density at radius 2 is 0.897 bits per heavy atom. The molecule has 0 spiro atoms. The third kappa shape index (κ3) is 17.1. The lowest BCUT2D eigenvalue weighted by Crippen LogP contribution is -2.52. The normalized spacial score (nSPS) is 11.3. The topological polar surface area (TPSA) is 171 Å². The summed E-state index contributed by atoms with van der Waals surface area (Å²) in [5.41, 5.74) is 5.00. The molecule has 7 aromatic rings. The summed E-state index contributed by atoms with van der Waals surface area (Å²) in [6.45, 7) is 9.56. The highest BCUT2D eigenvalue weighted by molar-refractivity contribution is 6.00. The maximum absolute atomic E-state index is 15.1. The minimum absolute atomic E-state index is 0.0204. The van der Waals surface area contributed by atoms with E-state index in [1.165, 1.54) is 4.90 Å². The number of benzene rings is 7. The van der Waals surface area contributed by atoms with Crippen molar-refractivity contribution >= 4 is 29.6 Å². The van der Waals surface area contributed by atoms with Crippen LogP contribution in [0.5, 0.6) is 23.0 Å². The molecule has 0 aliphatic rings. The van der Waals surface area contributed by atoms with Crippen LogP contribution >= 0.6 is 0 Å². The molecule has 0 aliphatic carbocycles. The first-order valence-corrected chi connectivity index (χ1v) is 26.1. The summed E-state index contributed by atoms with van der Waals surface area (Å²) in [7, 11) is 0. The molecule has 404 valence electrons. The van der Waals surface area contributed by atoms with E-state index < -0.39 is 41.2 Å². The molecule has 0 bridgehead atoms. The van der Waals surface area contributed by atoms with Gasteiger partial charge in [0.2, 0.25) is 5.91 Å². The van der Waals surface area contributed by atoms with Gasteiger partial charge in [0.15, 0.2) is 11.5 Å². The minimum atomic E-state index is -1.27. The molecule has 0 fully saturated rings. The second-order valence-electron chi connectivity index (χ2n) is 19.6. The molecule has 0 aromatic heterocycles. The van der Waals surface area contributed by atoms with Crippen LogP contribution < -0.4 is 34.9 Å². The lowest BCUT2D eigenvalue weighted by Gasteiger charge is -2.29. The molecule has 4 amide bonds. The first-order valence-electron chi connectivity index (χ1n) is 26.1. The van der Waals surface area contributed by atoms with Crippen molar-refractivity contribution in [2.24, 2.45) is 0 Å². The summed E-state index contributed by atoms with van der Waals surface area (Å²) in [6, 6.07) is 52.7. The average molecular weight is 1050 g/mol. The second-order valence-corrected chi connectivity index (χ2v) is 19.6. The molecule has 14 nitrogen and oxygen atoms in total. The fourth-order valence-corrected chi connectivity index (χ4v) is 8.43. The summed E-state index contributed by atoms with van der Waals surface area (Å²) in [6.07, 6.45) is -0.343. The maximum atomic E-state index is 15.1. The molecule has 7 aromatic carbocycles. The van der Waals surface area contributed by atoms with E-state index in [1.54, 1.807) is 76.2 Å². The van der Waals surface area contributed by atoms with Crippen molar-refractivity contribution in [3.05, 3.63) is 226 Å². The molecular formula is C64H68N4O10. The number of para-hydroxylation sites is 2. The predicted molar refractivity (Wildman–Crippen MR) is 299 cm³/mol. The summed E-state index contributed by atoms with van der Waals surface area (Å²) in [5.74, 6) is -1.13. The highest BCUT2D eigenvalue weighted by atomic mass is 16.6. The number of carbonyl (C=O) groups is 5. The van der Waals surface area contributed by atoms with Crippen molar-refractivity contribution in [1.29, 1.82) is 0 Å². The first-order chi connectivity index (χ1) is 37.7. The third-order valence-corrected chi connectivity index (χ3v) is 12.4.